The molecule has 194 valence electrons. The molecule has 5 rings (SSSR count). The van der Waals surface area contributed by atoms with Crippen LogP contribution in [0.4, 0.5) is 11.6 Å². The number of anilines is 2. The smallest absolute Gasteiger partial charge is 0.255 e. The van der Waals surface area contributed by atoms with Gasteiger partial charge >= 0.3 is 0 Å². The van der Waals surface area contributed by atoms with Gasteiger partial charge in [-0.1, -0.05) is 0 Å². The number of hydrogen-bond acceptors (Lipinski definition) is 8. The molecule has 35 heavy (non-hydrogen) atoms. The molecule has 0 aromatic carbocycles. The van der Waals surface area contributed by atoms with E-state index in [2.05, 4.69) is 25.3 Å². The van der Waals surface area contributed by atoms with Crippen LogP contribution < -0.4 is 21.3 Å². The van der Waals surface area contributed by atoms with Gasteiger partial charge in [-0.15, -0.1) is 0 Å². The summed E-state index contributed by atoms with van der Waals surface area (Å²) in [5, 5.41) is 6.51. The van der Waals surface area contributed by atoms with Crippen LogP contribution in [-0.4, -0.2) is 99.4 Å². The summed E-state index contributed by atoms with van der Waals surface area (Å²) in [4.78, 5) is 25.8. The molecule has 0 bridgehead atoms. The third kappa shape index (κ3) is 5.58. The Morgan fingerprint density at radius 3 is 2.31 bits per heavy atom. The fraction of sp³-hybridized carbons (Fsp3) is 0.769. The summed E-state index contributed by atoms with van der Waals surface area (Å²) in [5.41, 5.74) is 7.88. The van der Waals surface area contributed by atoms with Gasteiger partial charge in [0.25, 0.3) is 5.91 Å². The maximum Gasteiger partial charge on any atom is 0.255 e. The monoisotopic (exact) mass is 485 g/mol. The van der Waals surface area contributed by atoms with E-state index in [-0.39, 0.29) is 11.9 Å². The second kappa shape index (κ2) is 11.0. The van der Waals surface area contributed by atoms with E-state index in [1.165, 1.54) is 32.5 Å². The highest BCUT2D eigenvalue weighted by molar-refractivity contribution is 5.99. The third-order valence-electron chi connectivity index (χ3n) is 8.58. The molecule has 5 heterocycles. The highest BCUT2D eigenvalue weighted by Crippen LogP contribution is 2.40. The summed E-state index contributed by atoms with van der Waals surface area (Å²) in [6, 6.07) is 2.16. The number of carbonyl (C=O) groups excluding carboxylic acids is 1. The van der Waals surface area contributed by atoms with Crippen molar-refractivity contribution in [3.05, 3.63) is 17.2 Å². The second-order valence-corrected chi connectivity index (χ2v) is 10.9. The van der Waals surface area contributed by atoms with E-state index < -0.39 is 0 Å². The third-order valence-corrected chi connectivity index (χ3v) is 8.58. The summed E-state index contributed by atoms with van der Waals surface area (Å²) in [7, 11) is 1.86. The van der Waals surface area contributed by atoms with Crippen LogP contribution in [0.2, 0.25) is 0 Å². The fourth-order valence-electron chi connectivity index (χ4n) is 6.05. The minimum atomic E-state index is -0.0207. The number of hydrogen-bond donors (Lipinski definition) is 3. The van der Waals surface area contributed by atoms with Crippen LogP contribution in [0.1, 0.15) is 54.4 Å². The molecule has 0 aliphatic carbocycles. The summed E-state index contributed by atoms with van der Waals surface area (Å²) in [5.74, 6) is 1.52. The van der Waals surface area contributed by atoms with Crippen molar-refractivity contribution in [3.63, 3.8) is 0 Å². The predicted molar refractivity (Wildman–Crippen MR) is 139 cm³/mol. The molecule has 9 nitrogen and oxygen atoms in total. The number of amides is 1. The Morgan fingerprint density at radius 1 is 1.09 bits per heavy atom. The molecule has 4 fully saturated rings. The van der Waals surface area contributed by atoms with Crippen LogP contribution >= 0.6 is 0 Å². The number of rotatable bonds is 8. The number of nitrogens with two attached hydrogens (primary N) is 1. The van der Waals surface area contributed by atoms with Crippen molar-refractivity contribution in [2.45, 2.75) is 51.1 Å². The minimum Gasteiger partial charge on any atom is -0.380 e. The molecular formula is C26H43N7O2. The molecule has 1 amide bonds. The van der Waals surface area contributed by atoms with Crippen molar-refractivity contribution in [2.24, 2.45) is 11.1 Å². The Balaban J connectivity index is 1.22. The average molecular weight is 486 g/mol. The summed E-state index contributed by atoms with van der Waals surface area (Å²) in [6.45, 7) is 10.8. The average Bonchev–Trinajstić information content (AvgIpc) is 3.40. The Bertz CT molecular complexity index is 867. The maximum atomic E-state index is 13.5. The first-order valence-corrected chi connectivity index (χ1v) is 13.6. The molecule has 0 atom stereocenters. The van der Waals surface area contributed by atoms with Crippen LogP contribution in [0.5, 0.6) is 0 Å². The molecule has 0 saturated carbocycles. The van der Waals surface area contributed by atoms with Crippen molar-refractivity contribution >= 4 is 17.5 Å². The minimum absolute atomic E-state index is 0.0207. The van der Waals surface area contributed by atoms with Gasteiger partial charge in [-0.3, -0.25) is 4.79 Å². The first kappa shape index (κ1) is 24.7. The van der Waals surface area contributed by atoms with Gasteiger partial charge in [0.15, 0.2) is 0 Å². The number of nitrogens with one attached hydrogen (secondary N) is 2. The van der Waals surface area contributed by atoms with E-state index in [9.17, 15) is 4.79 Å². The largest absolute Gasteiger partial charge is 0.380 e. The zero-order valence-electron chi connectivity index (χ0n) is 21.4. The predicted octanol–water partition coefficient (Wildman–Crippen LogP) is 1.49. The van der Waals surface area contributed by atoms with Gasteiger partial charge in [0, 0.05) is 69.9 Å². The maximum absolute atomic E-state index is 13.5. The van der Waals surface area contributed by atoms with Crippen molar-refractivity contribution in [1.29, 1.82) is 0 Å². The highest BCUT2D eigenvalue weighted by atomic mass is 16.5. The first-order valence-electron chi connectivity index (χ1n) is 13.6. The van der Waals surface area contributed by atoms with Crippen LogP contribution in [0.25, 0.3) is 0 Å². The van der Waals surface area contributed by atoms with E-state index in [0.717, 1.165) is 88.8 Å². The summed E-state index contributed by atoms with van der Waals surface area (Å²) >= 11 is 0. The molecule has 4 aliphatic rings. The fourth-order valence-corrected chi connectivity index (χ4v) is 6.05. The quantitative estimate of drug-likeness (QED) is 0.510. The number of nitrogens with zero attached hydrogens (tertiary/aromatic N) is 4. The number of piperidine rings is 2. The number of ether oxygens (including phenoxy) is 1. The topological polar surface area (TPSA) is 99.0 Å². The van der Waals surface area contributed by atoms with Crippen LogP contribution in [0, 0.1) is 5.41 Å². The van der Waals surface area contributed by atoms with Crippen molar-refractivity contribution < 1.29 is 9.53 Å². The SMILES string of the molecule is CNc1nc(N2CCC3(CC2)COC3)c(C(=O)NC2CCN(CCN3CCCC3)CC2)cc1CN. The zero-order valence-corrected chi connectivity index (χ0v) is 21.4. The van der Waals surface area contributed by atoms with Gasteiger partial charge < -0.3 is 35.8 Å². The van der Waals surface area contributed by atoms with Crippen LogP contribution in [-0.2, 0) is 11.3 Å². The van der Waals surface area contributed by atoms with Gasteiger partial charge in [0.1, 0.15) is 11.6 Å². The van der Waals surface area contributed by atoms with E-state index >= 15 is 0 Å². The Labute approximate surface area is 209 Å². The summed E-state index contributed by atoms with van der Waals surface area (Å²) < 4.78 is 5.49. The van der Waals surface area contributed by atoms with Gasteiger partial charge in [-0.25, -0.2) is 4.98 Å². The lowest BCUT2D eigenvalue weighted by Crippen LogP contribution is -2.51. The Morgan fingerprint density at radius 2 is 1.74 bits per heavy atom. The lowest BCUT2D eigenvalue weighted by atomic mass is 9.77. The molecule has 1 aromatic rings. The zero-order chi connectivity index (χ0) is 24.3. The van der Waals surface area contributed by atoms with Gasteiger partial charge in [0.05, 0.1) is 18.8 Å². The second-order valence-electron chi connectivity index (χ2n) is 10.9. The van der Waals surface area contributed by atoms with E-state index in [1.54, 1.807) is 0 Å². The number of likely N-dealkylation sites (tertiary alicyclic amines) is 2. The lowest BCUT2D eigenvalue weighted by Gasteiger charge is -2.47. The number of pyridine rings is 1. The van der Waals surface area contributed by atoms with Crippen molar-refractivity contribution in [2.75, 3.05) is 82.8 Å². The molecule has 4 N–H and O–H groups in total. The standard InChI is InChI=1S/C26H43N7O2/c1-28-23-20(17-27)16-22(24(30-23)33-12-6-26(7-13-33)18-35-19-26)25(34)29-21-4-10-32(11-5-21)15-14-31-8-2-3-9-31/h16,21H,2-15,17-19,27H2,1H3,(H,28,30)(H,29,34). The molecular weight excluding hydrogens is 442 g/mol. The molecule has 1 aromatic heterocycles. The van der Waals surface area contributed by atoms with E-state index in [1.807, 2.05) is 13.1 Å². The van der Waals surface area contributed by atoms with Gasteiger partial charge in [0.2, 0.25) is 0 Å². The Kier molecular flexibility index (Phi) is 7.77. The van der Waals surface area contributed by atoms with Crippen LogP contribution in [0.15, 0.2) is 6.07 Å². The molecule has 1 spiro atoms. The summed E-state index contributed by atoms with van der Waals surface area (Å²) in [6.07, 6.45) is 6.86. The van der Waals surface area contributed by atoms with E-state index in [4.69, 9.17) is 15.5 Å². The first-order chi connectivity index (χ1) is 17.1. The molecule has 9 heteroatoms. The van der Waals surface area contributed by atoms with Gasteiger partial charge in [-0.2, -0.15) is 0 Å². The molecule has 4 saturated heterocycles. The van der Waals surface area contributed by atoms with Crippen molar-refractivity contribution in [1.82, 2.24) is 20.1 Å². The van der Waals surface area contributed by atoms with Gasteiger partial charge in [-0.05, 0) is 57.7 Å². The molecule has 0 unspecified atom stereocenters. The Hall–Kier alpha value is -1.94. The van der Waals surface area contributed by atoms with E-state index in [0.29, 0.717) is 17.5 Å². The highest BCUT2D eigenvalue weighted by Gasteiger charge is 2.42. The molecule has 4 aliphatic heterocycles. The number of aromatic nitrogens is 1. The van der Waals surface area contributed by atoms with Crippen molar-refractivity contribution in [3.8, 4) is 0 Å². The normalized spacial score (nSPS) is 23.4. The molecule has 0 radical (unpaired) electrons. The number of carbonyl (C=O) groups is 1. The lowest BCUT2D eigenvalue weighted by molar-refractivity contribution is -0.124. The van der Waals surface area contributed by atoms with Crippen LogP contribution in [0.3, 0.4) is 0 Å².